The van der Waals surface area contributed by atoms with Gasteiger partial charge in [0.2, 0.25) is 5.41 Å². The molecule has 0 atom stereocenters. The fourth-order valence-corrected chi connectivity index (χ4v) is 4.45. The second-order valence-corrected chi connectivity index (χ2v) is 8.40. The van der Waals surface area contributed by atoms with Crippen LogP contribution in [0.2, 0.25) is 0 Å². The average Bonchev–Trinajstić information content (AvgIpc) is 2.66. The lowest BCUT2D eigenvalue weighted by Gasteiger charge is -2.58. The van der Waals surface area contributed by atoms with E-state index in [4.69, 9.17) is 18.9 Å². The van der Waals surface area contributed by atoms with E-state index in [2.05, 4.69) is 0 Å². The molecule has 0 aliphatic carbocycles. The summed E-state index contributed by atoms with van der Waals surface area (Å²) in [4.78, 5) is 25.2. The smallest absolute Gasteiger partial charge is 0.328 e. The van der Waals surface area contributed by atoms with Crippen molar-refractivity contribution in [3.05, 3.63) is 0 Å². The predicted molar refractivity (Wildman–Crippen MR) is 99.5 cm³/mol. The van der Waals surface area contributed by atoms with Gasteiger partial charge in [-0.15, -0.1) is 10.3 Å². The first-order valence-electron chi connectivity index (χ1n) is 10.2. The van der Waals surface area contributed by atoms with Gasteiger partial charge in [0.25, 0.3) is 0 Å². The Labute approximate surface area is 167 Å². The quantitative estimate of drug-likeness (QED) is 0.500. The minimum Gasteiger partial charge on any atom is -0.465 e. The van der Waals surface area contributed by atoms with E-state index in [0.717, 1.165) is 0 Å². The molecule has 161 valence electrons. The molecule has 0 saturated carbocycles. The average molecular weight is 400 g/mol. The molecule has 0 aromatic rings. The van der Waals surface area contributed by atoms with Crippen molar-refractivity contribution in [2.75, 3.05) is 26.4 Å². The molecule has 0 N–H and O–H groups in total. The molecule has 8 nitrogen and oxygen atoms in total. The summed E-state index contributed by atoms with van der Waals surface area (Å²) in [6.45, 7) is 10.9. The van der Waals surface area contributed by atoms with E-state index in [1.54, 1.807) is 13.8 Å². The van der Waals surface area contributed by atoms with Crippen molar-refractivity contribution in [2.24, 2.45) is 5.41 Å². The standard InChI is InChI=1S/C20H34NO7/c1-7-18(8-2)12-20(11-17(5,6)21(18)24)27-13-19(14-28-20,15(22)25-9-3)16(23)26-10-4/h7-14H2,1-6H3. The van der Waals surface area contributed by atoms with Crippen LogP contribution >= 0.6 is 0 Å². The number of ether oxygens (including phenoxy) is 4. The number of carbonyl (C=O) groups excluding carboxylic acids is 2. The Bertz CT molecular complexity index is 557. The van der Waals surface area contributed by atoms with Crippen molar-refractivity contribution in [1.29, 1.82) is 0 Å². The molecule has 1 radical (unpaired) electrons. The number of esters is 2. The van der Waals surface area contributed by atoms with Crippen LogP contribution in [0.4, 0.5) is 0 Å². The van der Waals surface area contributed by atoms with Crippen molar-refractivity contribution < 1.29 is 33.7 Å². The van der Waals surface area contributed by atoms with Gasteiger partial charge in [0.05, 0.1) is 32.0 Å². The van der Waals surface area contributed by atoms with Crippen molar-refractivity contribution in [2.45, 2.75) is 84.1 Å². The third-order valence-electron chi connectivity index (χ3n) is 6.09. The summed E-state index contributed by atoms with van der Waals surface area (Å²) in [6.07, 6.45) is 2.01. The van der Waals surface area contributed by atoms with Crippen LogP contribution in [-0.4, -0.2) is 60.3 Å². The Morgan fingerprint density at radius 3 is 1.75 bits per heavy atom. The highest BCUT2D eigenvalue weighted by atomic mass is 16.7. The Kier molecular flexibility index (Phi) is 6.80. The zero-order valence-corrected chi connectivity index (χ0v) is 18.0. The van der Waals surface area contributed by atoms with Crippen LogP contribution in [0.15, 0.2) is 0 Å². The molecular formula is C20H34NO7. The first kappa shape index (κ1) is 23.1. The Balaban J connectivity index is 2.32. The number of carbonyl (C=O) groups is 2. The van der Waals surface area contributed by atoms with E-state index in [9.17, 15) is 14.8 Å². The van der Waals surface area contributed by atoms with Crippen LogP contribution in [0.1, 0.15) is 67.2 Å². The molecule has 2 heterocycles. The molecule has 2 aliphatic heterocycles. The fourth-order valence-electron chi connectivity index (χ4n) is 4.45. The molecule has 0 amide bonds. The molecule has 0 bridgehead atoms. The number of rotatable bonds is 6. The molecule has 8 heteroatoms. The SMILES string of the molecule is CCOC(=O)C1(C(=O)OCC)COC2(CC(C)(C)N([O])C(CC)(CC)C2)OC1. The lowest BCUT2D eigenvalue weighted by molar-refractivity contribution is -0.388. The Morgan fingerprint density at radius 1 is 0.893 bits per heavy atom. The van der Waals surface area contributed by atoms with Gasteiger partial charge in [-0.25, -0.2) is 0 Å². The van der Waals surface area contributed by atoms with Gasteiger partial charge in [0.15, 0.2) is 5.79 Å². The monoisotopic (exact) mass is 400 g/mol. The van der Waals surface area contributed by atoms with Gasteiger partial charge in [-0.2, -0.15) is 0 Å². The number of piperidine rings is 1. The normalized spacial score (nSPS) is 25.2. The van der Waals surface area contributed by atoms with E-state index in [1.165, 1.54) is 5.06 Å². The van der Waals surface area contributed by atoms with Crippen molar-refractivity contribution in [3.63, 3.8) is 0 Å². The zero-order valence-electron chi connectivity index (χ0n) is 18.0. The summed E-state index contributed by atoms with van der Waals surface area (Å²) >= 11 is 0. The van der Waals surface area contributed by atoms with E-state index in [0.29, 0.717) is 25.7 Å². The summed E-state index contributed by atoms with van der Waals surface area (Å²) in [5.74, 6) is -2.44. The van der Waals surface area contributed by atoms with Gasteiger partial charge in [-0.05, 0) is 40.5 Å². The molecule has 0 aromatic heterocycles. The highest BCUT2D eigenvalue weighted by molar-refractivity contribution is 6.00. The van der Waals surface area contributed by atoms with Crippen LogP contribution < -0.4 is 0 Å². The summed E-state index contributed by atoms with van der Waals surface area (Å²) < 4.78 is 22.4. The molecule has 2 saturated heterocycles. The predicted octanol–water partition coefficient (Wildman–Crippen LogP) is 2.62. The molecule has 1 spiro atoms. The zero-order chi connectivity index (χ0) is 21.2. The third-order valence-corrected chi connectivity index (χ3v) is 6.09. The molecule has 28 heavy (non-hydrogen) atoms. The van der Waals surface area contributed by atoms with Crippen LogP contribution in [0.5, 0.6) is 0 Å². The van der Waals surface area contributed by atoms with E-state index in [1.807, 2.05) is 27.7 Å². The van der Waals surface area contributed by atoms with Crippen LogP contribution in [0.25, 0.3) is 0 Å². The molecule has 0 unspecified atom stereocenters. The minimum absolute atomic E-state index is 0.137. The van der Waals surface area contributed by atoms with Crippen molar-refractivity contribution in [1.82, 2.24) is 5.06 Å². The van der Waals surface area contributed by atoms with Gasteiger partial charge in [0.1, 0.15) is 0 Å². The summed E-state index contributed by atoms with van der Waals surface area (Å²) in [6, 6.07) is 0. The Hall–Kier alpha value is -1.22. The topological polar surface area (TPSA) is 94.2 Å². The summed E-state index contributed by atoms with van der Waals surface area (Å²) in [5.41, 5.74) is -2.98. The van der Waals surface area contributed by atoms with Crippen LogP contribution in [0, 0.1) is 5.41 Å². The molecule has 2 rings (SSSR count). The largest absolute Gasteiger partial charge is 0.465 e. The van der Waals surface area contributed by atoms with Crippen LogP contribution in [0.3, 0.4) is 0 Å². The molecule has 2 aliphatic rings. The number of hydroxylamine groups is 2. The highest BCUT2D eigenvalue weighted by Crippen LogP contribution is 2.50. The van der Waals surface area contributed by atoms with Gasteiger partial charge in [-0.3, -0.25) is 9.59 Å². The Morgan fingerprint density at radius 2 is 1.36 bits per heavy atom. The van der Waals surface area contributed by atoms with Crippen molar-refractivity contribution in [3.8, 4) is 0 Å². The lowest BCUT2D eigenvalue weighted by Crippen LogP contribution is -2.69. The highest BCUT2D eigenvalue weighted by Gasteiger charge is 2.62. The van der Waals surface area contributed by atoms with Crippen LogP contribution in [-0.2, 0) is 33.7 Å². The first-order chi connectivity index (χ1) is 13.1. The van der Waals surface area contributed by atoms with E-state index < -0.39 is 34.2 Å². The summed E-state index contributed by atoms with van der Waals surface area (Å²) in [5, 5.41) is 14.2. The van der Waals surface area contributed by atoms with Gasteiger partial charge < -0.3 is 18.9 Å². The first-order valence-corrected chi connectivity index (χ1v) is 10.2. The maximum absolute atomic E-state index is 13.0. The number of hydrogen-bond donors (Lipinski definition) is 0. The minimum atomic E-state index is -1.64. The molecule has 0 aromatic carbocycles. The molecule has 2 fully saturated rings. The number of hydrogen-bond acceptors (Lipinski definition) is 7. The van der Waals surface area contributed by atoms with Gasteiger partial charge in [0, 0.05) is 18.4 Å². The molecular weight excluding hydrogens is 366 g/mol. The number of nitrogens with zero attached hydrogens (tertiary/aromatic N) is 1. The third kappa shape index (κ3) is 3.79. The fraction of sp³-hybridized carbons (Fsp3) is 0.900. The van der Waals surface area contributed by atoms with Gasteiger partial charge >= 0.3 is 11.9 Å². The lowest BCUT2D eigenvalue weighted by atomic mass is 9.72. The summed E-state index contributed by atoms with van der Waals surface area (Å²) in [7, 11) is 0. The van der Waals surface area contributed by atoms with E-state index in [-0.39, 0.29) is 26.4 Å². The van der Waals surface area contributed by atoms with E-state index >= 15 is 0 Å². The second-order valence-electron chi connectivity index (χ2n) is 8.40. The van der Waals surface area contributed by atoms with Gasteiger partial charge in [-0.1, -0.05) is 13.8 Å². The second kappa shape index (κ2) is 8.26. The maximum Gasteiger partial charge on any atom is 0.328 e. The maximum atomic E-state index is 13.0. The van der Waals surface area contributed by atoms with Crippen molar-refractivity contribution >= 4 is 11.9 Å².